The topological polar surface area (TPSA) is 60.3 Å². The smallest absolute Gasteiger partial charge is 0.331 e. The molecule has 5 heteroatoms. The van der Waals surface area contributed by atoms with Gasteiger partial charge in [-0.15, -0.1) is 0 Å². The number of ether oxygens (including phenoxy) is 1. The summed E-state index contributed by atoms with van der Waals surface area (Å²) in [5.74, 6) is -0.399. The molecule has 1 saturated carbocycles. The summed E-state index contributed by atoms with van der Waals surface area (Å²) in [7, 11) is 0. The van der Waals surface area contributed by atoms with Gasteiger partial charge in [0.15, 0.2) is 6.61 Å². The molecule has 0 aliphatic heterocycles. The van der Waals surface area contributed by atoms with Gasteiger partial charge in [-0.05, 0) is 50.3 Å². The van der Waals surface area contributed by atoms with E-state index in [4.69, 9.17) is 4.74 Å². The maximum absolute atomic E-state index is 11.7. The van der Waals surface area contributed by atoms with Gasteiger partial charge in [-0.25, -0.2) is 4.79 Å². The van der Waals surface area contributed by atoms with E-state index >= 15 is 0 Å². The van der Waals surface area contributed by atoms with Crippen molar-refractivity contribution in [1.29, 1.82) is 0 Å². The minimum atomic E-state index is -0.499. The summed E-state index contributed by atoms with van der Waals surface area (Å²) in [5.41, 5.74) is 3.41. The van der Waals surface area contributed by atoms with Gasteiger partial charge in [-0.2, -0.15) is 0 Å². The number of carbonyl (C=O) groups is 2. The van der Waals surface area contributed by atoms with Crippen molar-refractivity contribution < 1.29 is 14.3 Å². The van der Waals surface area contributed by atoms with Gasteiger partial charge in [0.1, 0.15) is 0 Å². The van der Waals surface area contributed by atoms with Crippen LogP contribution in [0.15, 0.2) is 12.1 Å². The fourth-order valence-electron chi connectivity index (χ4n) is 2.58. The third kappa shape index (κ3) is 4.98. The predicted molar refractivity (Wildman–Crippen MR) is 90.0 cm³/mol. The highest BCUT2D eigenvalue weighted by Crippen LogP contribution is 2.38. The Kier molecular flexibility index (Phi) is 5.64. The van der Waals surface area contributed by atoms with Crippen LogP contribution in [0, 0.1) is 19.8 Å². The summed E-state index contributed by atoms with van der Waals surface area (Å²) < 4.78 is 7.27. The predicted octanol–water partition coefficient (Wildman–Crippen LogP) is 2.77. The molecule has 0 radical (unpaired) electrons. The molecule has 1 N–H and O–H groups in total. The van der Waals surface area contributed by atoms with E-state index in [0.29, 0.717) is 18.5 Å². The van der Waals surface area contributed by atoms with E-state index in [-0.39, 0.29) is 12.5 Å². The normalized spacial score (nSPS) is 14.5. The second-order valence-corrected chi connectivity index (χ2v) is 6.57. The lowest BCUT2D eigenvalue weighted by molar-refractivity contribution is -0.143. The molecule has 0 unspecified atom stereocenters. The van der Waals surface area contributed by atoms with Crippen LogP contribution < -0.4 is 5.32 Å². The fourth-order valence-corrected chi connectivity index (χ4v) is 2.58. The van der Waals surface area contributed by atoms with Crippen molar-refractivity contribution in [2.45, 2.75) is 46.6 Å². The third-order valence-electron chi connectivity index (χ3n) is 3.89. The second-order valence-electron chi connectivity index (χ2n) is 6.57. The maximum atomic E-state index is 11.7. The van der Waals surface area contributed by atoms with Crippen LogP contribution in [0.4, 0.5) is 0 Å². The second kappa shape index (κ2) is 7.49. The zero-order chi connectivity index (χ0) is 17.0. The van der Waals surface area contributed by atoms with E-state index < -0.39 is 5.97 Å². The largest absolute Gasteiger partial charge is 0.452 e. The first-order valence-electron chi connectivity index (χ1n) is 8.18. The van der Waals surface area contributed by atoms with Crippen LogP contribution in [0.1, 0.15) is 49.7 Å². The number of nitrogens with zero attached hydrogens (tertiary/aromatic N) is 1. The molecule has 0 spiro atoms. The number of esters is 1. The van der Waals surface area contributed by atoms with Gasteiger partial charge in [0.05, 0.1) is 0 Å². The molecule has 1 heterocycles. The zero-order valence-corrected chi connectivity index (χ0v) is 14.4. The van der Waals surface area contributed by atoms with E-state index in [2.05, 4.69) is 29.8 Å². The van der Waals surface area contributed by atoms with Crippen LogP contribution in [0.2, 0.25) is 0 Å². The third-order valence-corrected chi connectivity index (χ3v) is 3.89. The average molecular weight is 318 g/mol. The molecule has 5 nitrogen and oxygen atoms in total. The molecule has 1 aliphatic rings. The SMILES string of the molecule is Cc1cc(/C=C/C(=O)OCC(=O)NCC(C)C)c(C)n1C1CC1. The summed E-state index contributed by atoms with van der Waals surface area (Å²) >= 11 is 0. The van der Waals surface area contributed by atoms with Gasteiger partial charge in [-0.1, -0.05) is 13.8 Å². The molecule has 0 atom stereocenters. The van der Waals surface area contributed by atoms with E-state index in [1.165, 1.54) is 30.3 Å². The van der Waals surface area contributed by atoms with Crippen molar-refractivity contribution in [3.8, 4) is 0 Å². The number of carbonyl (C=O) groups excluding carboxylic acids is 2. The first kappa shape index (κ1) is 17.3. The van der Waals surface area contributed by atoms with E-state index in [0.717, 1.165) is 5.56 Å². The molecule has 0 bridgehead atoms. The van der Waals surface area contributed by atoms with Gasteiger partial charge < -0.3 is 14.6 Å². The molecule has 23 heavy (non-hydrogen) atoms. The Morgan fingerprint density at radius 3 is 2.70 bits per heavy atom. The summed E-state index contributed by atoms with van der Waals surface area (Å²) in [6.45, 7) is 8.51. The lowest BCUT2D eigenvalue weighted by Gasteiger charge is -2.07. The van der Waals surface area contributed by atoms with Crippen molar-refractivity contribution in [2.24, 2.45) is 5.92 Å². The minimum absolute atomic E-state index is 0.239. The van der Waals surface area contributed by atoms with Gasteiger partial charge in [-0.3, -0.25) is 4.79 Å². The lowest BCUT2D eigenvalue weighted by Crippen LogP contribution is -2.31. The van der Waals surface area contributed by atoms with Gasteiger partial charge >= 0.3 is 5.97 Å². The maximum Gasteiger partial charge on any atom is 0.331 e. The standard InChI is InChI=1S/C18H26N2O3/c1-12(2)10-19-17(21)11-23-18(22)8-5-15-9-13(3)20(14(15)4)16-6-7-16/h5,8-9,12,16H,6-7,10-11H2,1-4H3,(H,19,21)/b8-5+. The number of amides is 1. The van der Waals surface area contributed by atoms with Crippen LogP contribution in [0.5, 0.6) is 0 Å². The fraction of sp³-hybridized carbons (Fsp3) is 0.556. The lowest BCUT2D eigenvalue weighted by atomic mass is 10.2. The highest BCUT2D eigenvalue weighted by Gasteiger charge is 2.26. The van der Waals surface area contributed by atoms with Gasteiger partial charge in [0.25, 0.3) is 5.91 Å². The molecule has 1 amide bonds. The minimum Gasteiger partial charge on any atom is -0.452 e. The number of aromatic nitrogens is 1. The van der Waals surface area contributed by atoms with Crippen LogP contribution >= 0.6 is 0 Å². The quantitative estimate of drug-likeness (QED) is 0.621. The van der Waals surface area contributed by atoms with Crippen LogP contribution in [0.3, 0.4) is 0 Å². The van der Waals surface area contributed by atoms with E-state index in [9.17, 15) is 9.59 Å². The molecule has 0 aromatic carbocycles. The Morgan fingerprint density at radius 1 is 1.39 bits per heavy atom. The summed E-state index contributed by atoms with van der Waals surface area (Å²) in [6.07, 6.45) is 5.60. The summed E-state index contributed by atoms with van der Waals surface area (Å²) in [5, 5.41) is 2.71. The van der Waals surface area contributed by atoms with Crippen LogP contribution in [-0.2, 0) is 14.3 Å². The number of rotatable bonds is 7. The average Bonchev–Trinajstić information content (AvgIpc) is 3.27. The van der Waals surface area contributed by atoms with Crippen molar-refractivity contribution in [1.82, 2.24) is 9.88 Å². The van der Waals surface area contributed by atoms with Crippen LogP contribution in [0.25, 0.3) is 6.08 Å². The Balaban J connectivity index is 1.84. The van der Waals surface area contributed by atoms with Crippen molar-refractivity contribution >= 4 is 18.0 Å². The van der Waals surface area contributed by atoms with E-state index in [1.54, 1.807) is 6.08 Å². The Hall–Kier alpha value is -2.04. The summed E-state index contributed by atoms with van der Waals surface area (Å²) in [6, 6.07) is 2.70. The Morgan fingerprint density at radius 2 is 2.09 bits per heavy atom. The first-order valence-corrected chi connectivity index (χ1v) is 8.18. The highest BCUT2D eigenvalue weighted by molar-refractivity contribution is 5.89. The van der Waals surface area contributed by atoms with Crippen molar-refractivity contribution in [3.63, 3.8) is 0 Å². The number of nitrogens with one attached hydrogen (secondary N) is 1. The first-order chi connectivity index (χ1) is 10.9. The molecule has 2 rings (SSSR count). The molecular formula is C18H26N2O3. The molecule has 1 aliphatic carbocycles. The Labute approximate surface area is 137 Å². The van der Waals surface area contributed by atoms with E-state index in [1.807, 2.05) is 13.8 Å². The van der Waals surface area contributed by atoms with Crippen molar-refractivity contribution in [2.75, 3.05) is 13.2 Å². The zero-order valence-electron chi connectivity index (χ0n) is 14.4. The number of hydrogen-bond donors (Lipinski definition) is 1. The highest BCUT2D eigenvalue weighted by atomic mass is 16.5. The van der Waals surface area contributed by atoms with Gasteiger partial charge in [0.2, 0.25) is 0 Å². The monoisotopic (exact) mass is 318 g/mol. The Bertz CT molecular complexity index is 610. The molecule has 1 fully saturated rings. The molecule has 1 aromatic heterocycles. The summed E-state index contributed by atoms with van der Waals surface area (Å²) in [4.78, 5) is 23.2. The van der Waals surface area contributed by atoms with Crippen LogP contribution in [-0.4, -0.2) is 29.6 Å². The number of aryl methyl sites for hydroxylation is 1. The van der Waals surface area contributed by atoms with Crippen molar-refractivity contribution in [3.05, 3.63) is 29.1 Å². The molecule has 1 aromatic rings. The molecular weight excluding hydrogens is 292 g/mol. The molecule has 0 saturated heterocycles. The molecule has 126 valence electrons. The number of hydrogen-bond acceptors (Lipinski definition) is 3. The van der Waals surface area contributed by atoms with Gasteiger partial charge in [0, 0.05) is 30.1 Å².